The highest BCUT2D eigenvalue weighted by Crippen LogP contribution is 2.36. The van der Waals surface area contributed by atoms with Crippen molar-refractivity contribution in [1.29, 1.82) is 10.5 Å². The second-order valence-corrected chi connectivity index (χ2v) is 10.5. The third-order valence-electron chi connectivity index (χ3n) is 8.20. The zero-order valence-electron chi connectivity index (χ0n) is 22.5. The number of fused-ring (bicyclic) bond motifs is 6. The Labute approximate surface area is 242 Å². The van der Waals surface area contributed by atoms with E-state index in [1.54, 1.807) is 0 Å². The van der Waals surface area contributed by atoms with E-state index in [0.29, 0.717) is 11.1 Å². The second kappa shape index (κ2) is 9.24. The van der Waals surface area contributed by atoms with Crippen LogP contribution in [0.15, 0.2) is 133 Å². The Hall–Kier alpha value is -6.10. The molecule has 42 heavy (non-hydrogen) atoms. The molecule has 2 aromatic heterocycles. The molecule has 0 aliphatic rings. The molecule has 6 aromatic carbocycles. The molecule has 0 bridgehead atoms. The molecule has 2 heterocycles. The lowest BCUT2D eigenvalue weighted by Crippen LogP contribution is -1.97. The molecule has 0 fully saturated rings. The van der Waals surface area contributed by atoms with Gasteiger partial charge in [-0.3, -0.25) is 0 Å². The third-order valence-corrected chi connectivity index (χ3v) is 8.20. The monoisotopic (exact) mass is 534 g/mol. The lowest BCUT2D eigenvalue weighted by atomic mass is 9.99. The van der Waals surface area contributed by atoms with E-state index in [0.717, 1.165) is 44.3 Å². The number of aromatic nitrogens is 2. The van der Waals surface area contributed by atoms with Gasteiger partial charge in [0.2, 0.25) is 0 Å². The average molecular weight is 535 g/mol. The van der Waals surface area contributed by atoms with Gasteiger partial charge < -0.3 is 9.13 Å². The minimum Gasteiger partial charge on any atom is -0.309 e. The molecule has 0 saturated heterocycles. The topological polar surface area (TPSA) is 57.4 Å². The first-order valence-electron chi connectivity index (χ1n) is 13.8. The minimum absolute atomic E-state index is 0.608. The van der Waals surface area contributed by atoms with Gasteiger partial charge in [-0.05, 0) is 71.8 Å². The Balaban J connectivity index is 1.24. The smallest absolute Gasteiger partial charge is 0.0998 e. The highest BCUT2D eigenvalue weighted by molar-refractivity contribution is 6.10. The van der Waals surface area contributed by atoms with Crippen molar-refractivity contribution in [2.24, 2.45) is 0 Å². The maximum atomic E-state index is 10.2. The first-order valence-corrected chi connectivity index (χ1v) is 13.8. The summed E-state index contributed by atoms with van der Waals surface area (Å²) in [6.07, 6.45) is 0. The summed E-state index contributed by atoms with van der Waals surface area (Å²) >= 11 is 0. The molecule has 0 radical (unpaired) electrons. The lowest BCUT2D eigenvalue weighted by molar-refractivity contribution is 1.17. The van der Waals surface area contributed by atoms with E-state index < -0.39 is 0 Å². The Morgan fingerprint density at radius 3 is 1.55 bits per heavy atom. The number of hydrogen-bond donors (Lipinski definition) is 0. The first kappa shape index (κ1) is 23.8. The van der Waals surface area contributed by atoms with Gasteiger partial charge >= 0.3 is 0 Å². The Bertz CT molecular complexity index is 2370. The quantitative estimate of drug-likeness (QED) is 0.227. The van der Waals surface area contributed by atoms with E-state index in [2.05, 4.69) is 112 Å². The molecule has 0 spiro atoms. The van der Waals surface area contributed by atoms with Gasteiger partial charge in [0.15, 0.2) is 0 Å². The maximum Gasteiger partial charge on any atom is 0.0998 e. The molecule has 8 aromatic rings. The zero-order chi connectivity index (χ0) is 28.2. The Kier molecular flexibility index (Phi) is 5.22. The van der Waals surface area contributed by atoms with Crippen LogP contribution in [0.3, 0.4) is 0 Å². The van der Waals surface area contributed by atoms with E-state index in [1.165, 1.54) is 21.8 Å². The maximum absolute atomic E-state index is 10.2. The molecular formula is C38H22N4. The number of para-hydroxylation sites is 3. The van der Waals surface area contributed by atoms with Crippen molar-refractivity contribution in [3.05, 3.63) is 145 Å². The van der Waals surface area contributed by atoms with E-state index in [-0.39, 0.29) is 0 Å². The van der Waals surface area contributed by atoms with Gasteiger partial charge in [-0.2, -0.15) is 10.5 Å². The normalized spacial score (nSPS) is 11.3. The standard InChI is InChI=1S/C38H22N4/c39-23-25-13-20-38-34(21-25)33-9-3-6-12-37(33)42(38)29-18-19-30(27(22-29)24-40)26-14-16-28(17-15-26)41-35-10-4-1-7-31(35)32-8-2-5-11-36(32)41/h1-22H. The SMILES string of the molecule is N#Cc1ccc2c(c1)c1ccccc1n2-c1ccc(-c2ccc(-n3c4ccccc4c4ccccc43)cc2)c(C#N)c1. The summed E-state index contributed by atoms with van der Waals surface area (Å²) in [6.45, 7) is 0. The van der Waals surface area contributed by atoms with Crippen molar-refractivity contribution in [2.75, 3.05) is 0 Å². The lowest BCUT2D eigenvalue weighted by Gasteiger charge is -2.12. The minimum atomic E-state index is 0.608. The van der Waals surface area contributed by atoms with Crippen molar-refractivity contribution in [2.45, 2.75) is 0 Å². The van der Waals surface area contributed by atoms with Crippen molar-refractivity contribution >= 4 is 43.6 Å². The van der Waals surface area contributed by atoms with Gasteiger partial charge in [0.25, 0.3) is 0 Å². The second-order valence-electron chi connectivity index (χ2n) is 10.5. The molecule has 0 saturated carbocycles. The molecule has 0 aliphatic heterocycles. The summed E-state index contributed by atoms with van der Waals surface area (Å²) in [4.78, 5) is 0. The molecule has 0 aliphatic carbocycles. The number of rotatable bonds is 3. The van der Waals surface area contributed by atoms with Crippen molar-refractivity contribution in [3.8, 4) is 34.6 Å². The predicted octanol–water partition coefficient (Wildman–Crippen LogP) is 9.29. The number of nitrogens with zero attached hydrogens (tertiary/aromatic N) is 4. The van der Waals surface area contributed by atoms with Gasteiger partial charge in [-0.25, -0.2) is 0 Å². The molecule has 0 unspecified atom stereocenters. The van der Waals surface area contributed by atoms with Crippen LogP contribution in [0.4, 0.5) is 0 Å². The van der Waals surface area contributed by atoms with E-state index in [4.69, 9.17) is 0 Å². The molecule has 0 amide bonds. The number of nitriles is 2. The van der Waals surface area contributed by atoms with Crippen molar-refractivity contribution in [1.82, 2.24) is 9.13 Å². The summed E-state index contributed by atoms with van der Waals surface area (Å²) in [7, 11) is 0. The van der Waals surface area contributed by atoms with E-state index >= 15 is 0 Å². The molecule has 194 valence electrons. The van der Waals surface area contributed by atoms with Gasteiger partial charge in [0.05, 0.1) is 45.3 Å². The van der Waals surface area contributed by atoms with Crippen LogP contribution in [-0.2, 0) is 0 Å². The van der Waals surface area contributed by atoms with E-state index in [1.807, 2.05) is 42.5 Å². The van der Waals surface area contributed by atoms with Gasteiger partial charge in [0.1, 0.15) is 0 Å². The first-order chi connectivity index (χ1) is 20.7. The van der Waals surface area contributed by atoms with Crippen LogP contribution in [0.25, 0.3) is 66.1 Å². The number of benzene rings is 6. The third kappa shape index (κ3) is 3.47. The fourth-order valence-electron chi connectivity index (χ4n) is 6.33. The average Bonchev–Trinajstić information content (AvgIpc) is 3.57. The fraction of sp³-hybridized carbons (Fsp3) is 0. The van der Waals surface area contributed by atoms with Crippen LogP contribution in [-0.4, -0.2) is 9.13 Å². The highest BCUT2D eigenvalue weighted by atomic mass is 15.0. The van der Waals surface area contributed by atoms with Crippen LogP contribution >= 0.6 is 0 Å². The number of hydrogen-bond acceptors (Lipinski definition) is 2. The molecule has 0 atom stereocenters. The van der Waals surface area contributed by atoms with Gasteiger partial charge in [0, 0.05) is 32.9 Å². The summed E-state index contributed by atoms with van der Waals surface area (Å²) in [6, 6.07) is 50.1. The summed E-state index contributed by atoms with van der Waals surface area (Å²) < 4.78 is 4.46. The fourth-order valence-corrected chi connectivity index (χ4v) is 6.33. The van der Waals surface area contributed by atoms with Gasteiger partial charge in [-0.15, -0.1) is 0 Å². The van der Waals surface area contributed by atoms with Crippen LogP contribution < -0.4 is 0 Å². The molecular weight excluding hydrogens is 512 g/mol. The van der Waals surface area contributed by atoms with Crippen LogP contribution in [0.5, 0.6) is 0 Å². The molecule has 4 nitrogen and oxygen atoms in total. The summed E-state index contributed by atoms with van der Waals surface area (Å²) in [5.74, 6) is 0. The van der Waals surface area contributed by atoms with Crippen molar-refractivity contribution in [3.63, 3.8) is 0 Å². The zero-order valence-corrected chi connectivity index (χ0v) is 22.5. The van der Waals surface area contributed by atoms with Crippen LogP contribution in [0, 0.1) is 22.7 Å². The van der Waals surface area contributed by atoms with Crippen LogP contribution in [0.2, 0.25) is 0 Å². The molecule has 0 N–H and O–H groups in total. The van der Waals surface area contributed by atoms with Gasteiger partial charge in [-0.1, -0.05) is 72.8 Å². The Morgan fingerprint density at radius 2 is 0.952 bits per heavy atom. The van der Waals surface area contributed by atoms with E-state index in [9.17, 15) is 10.5 Å². The highest BCUT2D eigenvalue weighted by Gasteiger charge is 2.16. The Morgan fingerprint density at radius 1 is 0.429 bits per heavy atom. The van der Waals surface area contributed by atoms with Crippen LogP contribution in [0.1, 0.15) is 11.1 Å². The predicted molar refractivity (Wildman–Crippen MR) is 170 cm³/mol. The molecule has 4 heteroatoms. The largest absolute Gasteiger partial charge is 0.309 e. The summed E-state index contributed by atoms with van der Waals surface area (Å²) in [5.41, 5.74) is 9.48. The molecule has 8 rings (SSSR count). The van der Waals surface area contributed by atoms with Crippen molar-refractivity contribution < 1.29 is 0 Å². The summed E-state index contributed by atoms with van der Waals surface area (Å²) in [5, 5.41) is 24.3.